The number of thiophene rings is 1. The van der Waals surface area contributed by atoms with Crippen LogP contribution in [-0.4, -0.2) is 9.55 Å². The molecule has 0 fully saturated rings. The molecule has 0 spiro atoms. The van der Waals surface area contributed by atoms with Crippen LogP contribution in [0.15, 0.2) is 164 Å². The maximum absolute atomic E-state index is 6.79. The van der Waals surface area contributed by atoms with E-state index in [9.17, 15) is 0 Å². The Labute approximate surface area is 370 Å². The third-order valence-electron chi connectivity index (χ3n) is 11.8. The van der Waals surface area contributed by atoms with Crippen LogP contribution in [0.25, 0.3) is 97.6 Å². The first-order valence-electron chi connectivity index (χ1n) is 20.2. The monoisotopic (exact) mass is 983 g/mol. The average molecular weight is 984 g/mol. The van der Waals surface area contributed by atoms with Gasteiger partial charge in [-0.2, -0.15) is 6.07 Å². The standard InChI is InChI=1S/C54H36N4OS.Pt/c1-54(2,3)35-28-29-55-48(30-35)57-45-32-37(23-25-40(45)41-26-27-47-49(52(41)57)42-19-11-13-21-46(42)60-47)59-36-22-24-38-39-18-10-12-20-44(39)58-51(34-16-8-5-9-17-34)50(33-14-6-4-7-15-33)56-53(58)43(38)31-36;/h4-30H,1-3H3;/q-2;. The van der Waals surface area contributed by atoms with Crippen molar-refractivity contribution in [3.63, 3.8) is 0 Å². The second kappa shape index (κ2) is 14.3. The van der Waals surface area contributed by atoms with E-state index in [0.717, 1.165) is 77.5 Å². The number of aromatic nitrogens is 4. The van der Waals surface area contributed by atoms with Gasteiger partial charge in [-0.15, -0.1) is 41.0 Å². The Hall–Kier alpha value is -6.59. The van der Waals surface area contributed by atoms with E-state index in [4.69, 9.17) is 14.7 Å². The van der Waals surface area contributed by atoms with Crippen molar-refractivity contribution < 1.29 is 30.2 Å². The molecular weight excluding hydrogens is 948 g/mol. The van der Waals surface area contributed by atoms with Crippen molar-refractivity contribution in [2.75, 3.05) is 0 Å². The van der Waals surface area contributed by atoms with E-state index >= 15 is 0 Å². The fourth-order valence-electron chi connectivity index (χ4n) is 8.94. The van der Waals surface area contributed by atoms with Gasteiger partial charge < -0.3 is 13.7 Å². The Morgan fingerprint density at radius 1 is 0.639 bits per heavy atom. The van der Waals surface area contributed by atoms with E-state index in [-0.39, 0.29) is 26.5 Å². The van der Waals surface area contributed by atoms with Crippen LogP contribution in [-0.2, 0) is 26.5 Å². The van der Waals surface area contributed by atoms with Crippen LogP contribution >= 0.6 is 11.3 Å². The Morgan fingerprint density at radius 2 is 1.31 bits per heavy atom. The predicted molar refractivity (Wildman–Crippen MR) is 247 cm³/mol. The van der Waals surface area contributed by atoms with Crippen molar-refractivity contribution in [3.05, 3.63) is 182 Å². The minimum Gasteiger partial charge on any atom is -0.503 e. The quantitative estimate of drug-likeness (QED) is 0.0981. The second-order valence-electron chi connectivity index (χ2n) is 16.4. The third kappa shape index (κ3) is 5.92. The summed E-state index contributed by atoms with van der Waals surface area (Å²) < 4.78 is 13.9. The molecule has 12 aromatic rings. The Kier molecular flexibility index (Phi) is 8.75. The molecule has 61 heavy (non-hydrogen) atoms. The molecule has 0 bridgehead atoms. The molecule has 0 aliphatic carbocycles. The molecule has 12 rings (SSSR count). The number of rotatable bonds is 5. The van der Waals surface area contributed by atoms with E-state index in [1.807, 2.05) is 35.7 Å². The summed E-state index contributed by atoms with van der Waals surface area (Å²) in [6, 6.07) is 62.8. The molecule has 5 heterocycles. The molecule has 0 amide bonds. The first-order valence-corrected chi connectivity index (χ1v) is 21.1. The smallest absolute Gasteiger partial charge is 0.135 e. The number of ether oxygens (including phenoxy) is 1. The number of hydrogen-bond acceptors (Lipinski definition) is 3. The molecule has 5 aromatic heterocycles. The molecule has 0 aliphatic heterocycles. The minimum absolute atomic E-state index is 0. The summed E-state index contributed by atoms with van der Waals surface area (Å²) in [5.74, 6) is 2.03. The van der Waals surface area contributed by atoms with Crippen LogP contribution in [0, 0.1) is 12.1 Å². The average Bonchev–Trinajstić information content (AvgIpc) is 3.97. The number of nitrogens with zero attached hydrogens (tertiary/aromatic N) is 4. The van der Waals surface area contributed by atoms with Crippen molar-refractivity contribution in [1.82, 2.24) is 14.5 Å². The Balaban J connectivity index is 0.00000420. The molecule has 0 N–H and O–H groups in total. The zero-order chi connectivity index (χ0) is 40.1. The van der Waals surface area contributed by atoms with Gasteiger partial charge in [0.05, 0.1) is 22.6 Å². The van der Waals surface area contributed by atoms with Gasteiger partial charge >= 0.3 is 0 Å². The van der Waals surface area contributed by atoms with Gasteiger partial charge in [-0.25, -0.2) is 4.98 Å². The normalized spacial score (nSPS) is 12.0. The molecule has 0 unspecified atom stereocenters. The van der Waals surface area contributed by atoms with E-state index in [2.05, 4.69) is 181 Å². The number of pyridine rings is 2. The van der Waals surface area contributed by atoms with Crippen LogP contribution < -0.4 is 14.1 Å². The van der Waals surface area contributed by atoms with Crippen LogP contribution in [0.1, 0.15) is 26.3 Å². The topological polar surface area (TPSA) is 45.2 Å². The predicted octanol–water partition coefficient (Wildman–Crippen LogP) is 13.6. The fraction of sp³-hybridized carbons (Fsp3) is 0.0741. The molecule has 0 saturated heterocycles. The van der Waals surface area contributed by atoms with Crippen LogP contribution in [0.5, 0.6) is 11.5 Å². The van der Waals surface area contributed by atoms with Crippen molar-refractivity contribution in [1.29, 1.82) is 0 Å². The van der Waals surface area contributed by atoms with E-state index < -0.39 is 0 Å². The summed E-state index contributed by atoms with van der Waals surface area (Å²) in [5, 5.41) is 7.78. The van der Waals surface area contributed by atoms with Crippen molar-refractivity contribution >= 4 is 80.6 Å². The largest absolute Gasteiger partial charge is 0.503 e. The Morgan fingerprint density at radius 3 is 2.10 bits per heavy atom. The number of imidazole rings is 1. The molecule has 0 atom stereocenters. The molecule has 7 heteroatoms. The zero-order valence-electron chi connectivity index (χ0n) is 33.5. The van der Waals surface area contributed by atoms with E-state index in [0.29, 0.717) is 11.5 Å². The SMILES string of the molecule is CC(C)(C)c1ccnc(-n2c3[c-]c(Oc4[c-]c5c(cc4)c4ccccc4[n+]4c(-c6ccccc6)c(-c6ccccc6)[n-]c54)ccc3c3ccc4sc5ccccc5c4c32)c1.[Pt]. The third-order valence-corrected chi connectivity index (χ3v) is 12.9. The molecule has 0 radical (unpaired) electrons. The number of para-hydroxylation sites is 1. The van der Waals surface area contributed by atoms with Crippen molar-refractivity contribution in [2.24, 2.45) is 0 Å². The summed E-state index contributed by atoms with van der Waals surface area (Å²) in [6.07, 6.45) is 1.93. The van der Waals surface area contributed by atoms with Gasteiger partial charge in [0.15, 0.2) is 0 Å². The molecule has 5 nitrogen and oxygen atoms in total. The van der Waals surface area contributed by atoms with E-state index in [1.54, 1.807) is 0 Å². The zero-order valence-corrected chi connectivity index (χ0v) is 36.6. The van der Waals surface area contributed by atoms with Crippen LogP contribution in [0.2, 0.25) is 0 Å². The first-order chi connectivity index (χ1) is 29.4. The van der Waals surface area contributed by atoms with Gasteiger partial charge in [-0.05, 0) is 57.6 Å². The number of fused-ring (bicyclic) bond motifs is 13. The second-order valence-corrected chi connectivity index (χ2v) is 17.5. The Bertz CT molecular complexity index is 3670. The van der Waals surface area contributed by atoms with Gasteiger partial charge in [0, 0.05) is 70.0 Å². The molecular formula is C54H36N4OPtS-2. The fourth-order valence-corrected chi connectivity index (χ4v) is 10.1. The maximum Gasteiger partial charge on any atom is 0.135 e. The minimum atomic E-state index is -0.0555. The summed E-state index contributed by atoms with van der Waals surface area (Å²) in [6.45, 7) is 6.73. The summed E-state index contributed by atoms with van der Waals surface area (Å²) >= 11 is 1.82. The summed E-state index contributed by atoms with van der Waals surface area (Å²) in [5.41, 5.74) is 9.20. The maximum atomic E-state index is 6.79. The van der Waals surface area contributed by atoms with E-state index in [1.165, 1.54) is 25.7 Å². The molecule has 0 aliphatic rings. The molecule has 7 aromatic carbocycles. The van der Waals surface area contributed by atoms with Gasteiger partial charge in [0.25, 0.3) is 0 Å². The first kappa shape index (κ1) is 37.4. The number of hydrogen-bond donors (Lipinski definition) is 0. The van der Waals surface area contributed by atoms with Gasteiger partial charge in [0.1, 0.15) is 5.82 Å². The van der Waals surface area contributed by atoms with Gasteiger partial charge in [0.2, 0.25) is 0 Å². The van der Waals surface area contributed by atoms with Crippen LogP contribution in [0.4, 0.5) is 0 Å². The van der Waals surface area contributed by atoms with Crippen LogP contribution in [0.3, 0.4) is 0 Å². The summed E-state index contributed by atoms with van der Waals surface area (Å²) in [4.78, 5) is 10.4. The molecule has 296 valence electrons. The number of benzene rings is 7. The molecule has 0 saturated carbocycles. The van der Waals surface area contributed by atoms with Gasteiger partial charge in [-0.1, -0.05) is 146 Å². The summed E-state index contributed by atoms with van der Waals surface area (Å²) in [7, 11) is 0. The van der Waals surface area contributed by atoms with Gasteiger partial charge in [-0.3, -0.25) is 4.98 Å². The van der Waals surface area contributed by atoms with Crippen molar-refractivity contribution in [2.45, 2.75) is 26.2 Å². The van der Waals surface area contributed by atoms with Crippen molar-refractivity contribution in [3.8, 4) is 39.8 Å².